The Labute approximate surface area is 111 Å². The molecule has 1 aromatic rings. The van der Waals surface area contributed by atoms with Gasteiger partial charge in [-0.25, -0.2) is 4.39 Å². The van der Waals surface area contributed by atoms with E-state index in [2.05, 4.69) is 6.92 Å². The zero-order valence-corrected chi connectivity index (χ0v) is 10.9. The van der Waals surface area contributed by atoms with Crippen LogP contribution in [0.4, 0.5) is 15.8 Å². The van der Waals surface area contributed by atoms with Gasteiger partial charge in [0.25, 0.3) is 5.69 Å². The molecule has 1 saturated heterocycles. The Morgan fingerprint density at radius 1 is 1.53 bits per heavy atom. The summed E-state index contributed by atoms with van der Waals surface area (Å²) >= 11 is 0. The first-order valence-corrected chi connectivity index (χ1v) is 6.44. The molecular weight excluding hydrogens is 249 g/mol. The highest BCUT2D eigenvalue weighted by Gasteiger charge is 2.28. The summed E-state index contributed by atoms with van der Waals surface area (Å²) in [5.41, 5.74) is 6.12. The molecule has 1 aliphatic rings. The Bertz CT molecular complexity index is 481. The number of halogens is 1. The molecule has 2 N–H and O–H groups in total. The van der Waals surface area contributed by atoms with Crippen LogP contribution < -0.4 is 10.6 Å². The van der Waals surface area contributed by atoms with Crippen molar-refractivity contribution < 1.29 is 9.31 Å². The van der Waals surface area contributed by atoms with Gasteiger partial charge in [0.2, 0.25) is 0 Å². The van der Waals surface area contributed by atoms with E-state index in [4.69, 9.17) is 5.73 Å². The second-order valence-electron chi connectivity index (χ2n) is 5.04. The summed E-state index contributed by atoms with van der Waals surface area (Å²) in [5.74, 6) is -0.181. The van der Waals surface area contributed by atoms with Crippen molar-refractivity contribution in [1.29, 1.82) is 0 Å². The number of hydrogen-bond acceptors (Lipinski definition) is 4. The van der Waals surface area contributed by atoms with E-state index in [0.29, 0.717) is 18.2 Å². The fourth-order valence-corrected chi connectivity index (χ4v) is 2.76. The molecule has 1 aliphatic heterocycles. The average molecular weight is 267 g/mol. The molecule has 1 fully saturated rings. The molecule has 5 nitrogen and oxygen atoms in total. The number of nitrogens with two attached hydrogens (primary N) is 1. The molecule has 1 aromatic carbocycles. The zero-order chi connectivity index (χ0) is 14.0. The van der Waals surface area contributed by atoms with Gasteiger partial charge >= 0.3 is 0 Å². The van der Waals surface area contributed by atoms with Crippen LogP contribution in [0, 0.1) is 21.8 Å². The van der Waals surface area contributed by atoms with Crippen LogP contribution in [-0.4, -0.2) is 24.1 Å². The van der Waals surface area contributed by atoms with Crippen molar-refractivity contribution in [1.82, 2.24) is 0 Å². The lowest BCUT2D eigenvalue weighted by atomic mass is 9.90. The Hall–Kier alpha value is -1.69. The third kappa shape index (κ3) is 2.84. The fourth-order valence-electron chi connectivity index (χ4n) is 2.76. The molecule has 2 atom stereocenters. The van der Waals surface area contributed by atoms with Crippen LogP contribution in [-0.2, 0) is 0 Å². The summed E-state index contributed by atoms with van der Waals surface area (Å²) in [5, 5.41) is 10.8. The maximum atomic E-state index is 13.5. The maximum absolute atomic E-state index is 13.5. The van der Waals surface area contributed by atoms with Gasteiger partial charge in [0.15, 0.2) is 0 Å². The lowest BCUT2D eigenvalue weighted by Crippen LogP contribution is -2.48. The topological polar surface area (TPSA) is 72.4 Å². The number of nitro groups is 1. The van der Waals surface area contributed by atoms with Crippen molar-refractivity contribution in [3.63, 3.8) is 0 Å². The molecule has 2 unspecified atom stereocenters. The van der Waals surface area contributed by atoms with Gasteiger partial charge < -0.3 is 10.6 Å². The predicted octanol–water partition coefficient (Wildman–Crippen LogP) is 2.30. The summed E-state index contributed by atoms with van der Waals surface area (Å²) in [4.78, 5) is 12.2. The van der Waals surface area contributed by atoms with E-state index in [1.165, 1.54) is 12.1 Å². The average Bonchev–Trinajstić information content (AvgIpc) is 2.37. The minimum atomic E-state index is -0.585. The molecule has 6 heteroatoms. The molecule has 2 rings (SSSR count). The van der Waals surface area contributed by atoms with Crippen LogP contribution >= 0.6 is 0 Å². The molecule has 0 amide bonds. The van der Waals surface area contributed by atoms with Crippen molar-refractivity contribution in [2.45, 2.75) is 25.8 Å². The summed E-state index contributed by atoms with van der Waals surface area (Å²) in [6.45, 7) is 3.33. The smallest absolute Gasteiger partial charge is 0.274 e. The summed E-state index contributed by atoms with van der Waals surface area (Å²) in [7, 11) is 0. The Morgan fingerprint density at radius 2 is 2.26 bits per heavy atom. The zero-order valence-electron chi connectivity index (χ0n) is 10.9. The first-order chi connectivity index (χ1) is 9.02. The van der Waals surface area contributed by atoms with Gasteiger partial charge in [0.05, 0.1) is 11.0 Å². The van der Waals surface area contributed by atoms with Gasteiger partial charge in [-0.15, -0.1) is 0 Å². The lowest BCUT2D eigenvalue weighted by molar-refractivity contribution is -0.385. The minimum absolute atomic E-state index is 0.107. The van der Waals surface area contributed by atoms with Crippen LogP contribution in [0.5, 0.6) is 0 Å². The lowest BCUT2D eigenvalue weighted by Gasteiger charge is -2.41. The molecule has 104 valence electrons. The quantitative estimate of drug-likeness (QED) is 0.673. The first-order valence-electron chi connectivity index (χ1n) is 6.44. The van der Waals surface area contributed by atoms with Gasteiger partial charge in [0, 0.05) is 30.9 Å². The van der Waals surface area contributed by atoms with Crippen LogP contribution in [0.2, 0.25) is 0 Å². The maximum Gasteiger partial charge on any atom is 0.274 e. The van der Waals surface area contributed by atoms with E-state index in [-0.39, 0.29) is 11.7 Å². The van der Waals surface area contributed by atoms with Crippen molar-refractivity contribution in [2.24, 2.45) is 11.7 Å². The molecule has 0 spiro atoms. The van der Waals surface area contributed by atoms with E-state index < -0.39 is 10.7 Å². The van der Waals surface area contributed by atoms with Crippen LogP contribution in [0.3, 0.4) is 0 Å². The molecule has 0 saturated carbocycles. The number of hydrogen-bond donors (Lipinski definition) is 1. The molecule has 1 heterocycles. The first kappa shape index (κ1) is 13.7. The molecule has 0 bridgehead atoms. The number of nitrogens with zero attached hydrogens (tertiary/aromatic N) is 2. The van der Waals surface area contributed by atoms with E-state index in [1.54, 1.807) is 0 Å². The summed E-state index contributed by atoms with van der Waals surface area (Å²) in [6, 6.07) is 3.81. The van der Waals surface area contributed by atoms with Crippen molar-refractivity contribution in [3.8, 4) is 0 Å². The Balaban J connectivity index is 2.36. The number of rotatable bonds is 3. The number of piperidine rings is 1. The monoisotopic (exact) mass is 267 g/mol. The highest BCUT2D eigenvalue weighted by atomic mass is 19.1. The van der Waals surface area contributed by atoms with E-state index in [1.807, 2.05) is 4.90 Å². The van der Waals surface area contributed by atoms with E-state index in [9.17, 15) is 14.5 Å². The molecule has 0 aromatic heterocycles. The summed E-state index contributed by atoms with van der Waals surface area (Å²) < 4.78 is 13.5. The Morgan fingerprint density at radius 3 is 2.89 bits per heavy atom. The predicted molar refractivity (Wildman–Crippen MR) is 71.6 cm³/mol. The second-order valence-corrected chi connectivity index (χ2v) is 5.04. The number of benzene rings is 1. The van der Waals surface area contributed by atoms with Crippen LogP contribution in [0.25, 0.3) is 0 Å². The van der Waals surface area contributed by atoms with E-state index >= 15 is 0 Å². The number of nitro benzene ring substituents is 1. The normalized spacial score (nSPS) is 23.4. The van der Waals surface area contributed by atoms with E-state index in [0.717, 1.165) is 25.5 Å². The van der Waals surface area contributed by atoms with Gasteiger partial charge in [-0.05, 0) is 24.8 Å². The molecular formula is C13H18FN3O2. The highest BCUT2D eigenvalue weighted by molar-refractivity contribution is 5.54. The van der Waals surface area contributed by atoms with Gasteiger partial charge in [-0.3, -0.25) is 10.1 Å². The second kappa shape index (κ2) is 5.52. The summed E-state index contributed by atoms with van der Waals surface area (Å²) in [6.07, 6.45) is 2.07. The van der Waals surface area contributed by atoms with Gasteiger partial charge in [-0.2, -0.15) is 0 Å². The third-order valence-electron chi connectivity index (χ3n) is 3.77. The van der Waals surface area contributed by atoms with Gasteiger partial charge in [0.1, 0.15) is 5.82 Å². The Kier molecular flexibility index (Phi) is 3.99. The van der Waals surface area contributed by atoms with Crippen molar-refractivity contribution in [2.75, 3.05) is 18.0 Å². The molecule has 19 heavy (non-hydrogen) atoms. The minimum Gasteiger partial charge on any atom is -0.367 e. The number of anilines is 1. The van der Waals surface area contributed by atoms with Crippen molar-refractivity contribution >= 4 is 11.4 Å². The SMILES string of the molecule is CC1CCCN(c2cc(F)cc([N+](=O)[O-])c2)C1CN. The fraction of sp³-hybridized carbons (Fsp3) is 0.538. The standard InChI is InChI=1S/C13H18FN3O2/c1-9-3-2-4-16(13(9)8-15)11-5-10(14)6-12(7-11)17(18)19/h5-7,9,13H,2-4,8,15H2,1H3. The number of non-ortho nitro benzene ring substituents is 1. The molecule has 0 radical (unpaired) electrons. The van der Waals surface area contributed by atoms with Crippen molar-refractivity contribution in [3.05, 3.63) is 34.1 Å². The van der Waals surface area contributed by atoms with Gasteiger partial charge in [-0.1, -0.05) is 6.92 Å². The largest absolute Gasteiger partial charge is 0.367 e. The van der Waals surface area contributed by atoms with Crippen LogP contribution in [0.1, 0.15) is 19.8 Å². The third-order valence-corrected chi connectivity index (χ3v) is 3.77. The molecule has 0 aliphatic carbocycles. The highest BCUT2D eigenvalue weighted by Crippen LogP contribution is 2.31. The van der Waals surface area contributed by atoms with Crippen LogP contribution in [0.15, 0.2) is 18.2 Å².